The summed E-state index contributed by atoms with van der Waals surface area (Å²) in [7, 11) is 0. The van der Waals surface area contributed by atoms with Crippen molar-refractivity contribution in [3.05, 3.63) is 0 Å². The fourth-order valence-corrected chi connectivity index (χ4v) is 5.78. The Morgan fingerprint density at radius 2 is 1.85 bits per heavy atom. The Morgan fingerprint density at radius 1 is 1.12 bits per heavy atom. The van der Waals surface area contributed by atoms with E-state index in [1.54, 1.807) is 0 Å². The van der Waals surface area contributed by atoms with Gasteiger partial charge < -0.3 is 30.9 Å². The minimum Gasteiger partial charge on any atom is -0.481 e. The number of cyclic esters (lactones) is 1. The highest BCUT2D eigenvalue weighted by atomic mass is 16.5. The van der Waals surface area contributed by atoms with Crippen molar-refractivity contribution in [3.8, 4) is 0 Å². The summed E-state index contributed by atoms with van der Waals surface area (Å²) in [6, 6.07) is -6.25. The summed E-state index contributed by atoms with van der Waals surface area (Å²) in [6.07, 6.45) is 3.12. The summed E-state index contributed by atoms with van der Waals surface area (Å²) >= 11 is 0. The summed E-state index contributed by atoms with van der Waals surface area (Å²) in [5.74, 6) is -6.76. The summed E-state index contributed by atoms with van der Waals surface area (Å²) < 4.78 is 5.43. The van der Waals surface area contributed by atoms with Gasteiger partial charge in [-0.15, -0.1) is 0 Å². The van der Waals surface area contributed by atoms with Crippen molar-refractivity contribution in [1.82, 2.24) is 31.4 Å². The normalized spacial score (nSPS) is 27.8. The highest BCUT2D eigenvalue weighted by Gasteiger charge is 2.42. The number of ether oxygens (including phenoxy) is 1. The van der Waals surface area contributed by atoms with E-state index in [0.717, 1.165) is 22.9 Å². The Labute approximate surface area is 279 Å². The van der Waals surface area contributed by atoms with E-state index in [4.69, 9.17) is 4.74 Å². The maximum atomic E-state index is 13.7. The SMILES string of the molecule is CCCCCC(CC(=O)N1N=CCCC1C(=O)NC1COC(=O)[C@H]2C[C@@H](O)CNN2C(=O)[C@H](C)NC(=O)C(CC(C)C)NC1=O)C(=O)O. The molecule has 6 N–H and O–H groups in total. The van der Waals surface area contributed by atoms with Crippen LogP contribution in [0.25, 0.3) is 0 Å². The molecule has 0 aromatic carbocycles. The molecule has 0 radical (unpaired) electrons. The smallest absolute Gasteiger partial charge is 0.330 e. The number of carbonyl (C=O) groups is 7. The van der Waals surface area contributed by atoms with Crippen molar-refractivity contribution >= 4 is 47.7 Å². The topological polar surface area (TPSA) is 236 Å². The number of amides is 5. The largest absolute Gasteiger partial charge is 0.481 e. The summed E-state index contributed by atoms with van der Waals surface area (Å²) in [6.45, 7) is 6.34. The Morgan fingerprint density at radius 3 is 2.52 bits per heavy atom. The Balaban J connectivity index is 1.86. The molecule has 17 nitrogen and oxygen atoms in total. The highest BCUT2D eigenvalue weighted by Crippen LogP contribution is 2.21. The number of nitrogens with zero attached hydrogens (tertiary/aromatic N) is 3. The summed E-state index contributed by atoms with van der Waals surface area (Å²) in [5.41, 5.74) is 2.69. The molecule has 5 amide bonds. The van der Waals surface area contributed by atoms with Gasteiger partial charge in [-0.3, -0.25) is 33.8 Å². The second-order valence-electron chi connectivity index (χ2n) is 13.0. The number of β-amino-alcohol motifs (C(OH)–C–C–N with tert-alkyl or cyclic N) is 1. The van der Waals surface area contributed by atoms with Gasteiger partial charge in [0.05, 0.1) is 12.0 Å². The van der Waals surface area contributed by atoms with Crippen molar-refractivity contribution in [3.63, 3.8) is 0 Å². The first-order valence-corrected chi connectivity index (χ1v) is 16.6. The summed E-state index contributed by atoms with van der Waals surface area (Å²) in [5, 5.41) is 33.6. The van der Waals surface area contributed by atoms with Crippen molar-refractivity contribution < 1.29 is 48.5 Å². The van der Waals surface area contributed by atoms with Crippen LogP contribution in [-0.2, 0) is 38.3 Å². The highest BCUT2D eigenvalue weighted by molar-refractivity contribution is 5.97. The number of esters is 1. The number of hydrogen-bond donors (Lipinski definition) is 6. The number of aliphatic hydroxyl groups excluding tert-OH is 1. The number of carboxylic acid groups (broad SMARTS) is 1. The molecule has 3 rings (SSSR count). The fraction of sp³-hybridized carbons (Fsp3) is 0.742. The lowest BCUT2D eigenvalue weighted by atomic mass is 9.97. The van der Waals surface area contributed by atoms with Crippen LogP contribution in [0.3, 0.4) is 0 Å². The lowest BCUT2D eigenvalue weighted by Gasteiger charge is -2.38. The maximum absolute atomic E-state index is 13.7. The van der Waals surface area contributed by atoms with Gasteiger partial charge in [-0.2, -0.15) is 5.10 Å². The number of nitrogens with one attached hydrogen (secondary N) is 4. The van der Waals surface area contributed by atoms with Crippen LogP contribution in [0.1, 0.15) is 85.5 Å². The minimum absolute atomic E-state index is 0.0318. The zero-order valence-corrected chi connectivity index (χ0v) is 28.0. The first-order valence-electron chi connectivity index (χ1n) is 16.6. The molecule has 0 bridgehead atoms. The van der Waals surface area contributed by atoms with E-state index in [2.05, 4.69) is 26.5 Å². The zero-order chi connectivity index (χ0) is 35.5. The molecule has 0 aliphatic carbocycles. The number of rotatable bonds is 11. The van der Waals surface area contributed by atoms with Gasteiger partial charge in [-0.25, -0.2) is 15.2 Å². The number of carbonyl (C=O) groups excluding carboxylic acids is 6. The lowest BCUT2D eigenvalue weighted by Crippen LogP contribution is -2.64. The number of aliphatic hydroxyl groups is 1. The van der Waals surface area contributed by atoms with E-state index in [0.29, 0.717) is 12.8 Å². The number of unbranched alkanes of at least 4 members (excludes halogenated alkanes) is 2. The van der Waals surface area contributed by atoms with Gasteiger partial charge in [0.1, 0.15) is 36.8 Å². The van der Waals surface area contributed by atoms with Crippen LogP contribution in [0, 0.1) is 11.8 Å². The van der Waals surface area contributed by atoms with Gasteiger partial charge in [0.2, 0.25) is 23.6 Å². The van der Waals surface area contributed by atoms with E-state index >= 15 is 0 Å². The van der Waals surface area contributed by atoms with E-state index in [1.165, 1.54) is 13.1 Å². The average Bonchev–Trinajstić information content (AvgIpc) is 3.04. The molecule has 0 spiro atoms. The predicted molar refractivity (Wildman–Crippen MR) is 169 cm³/mol. The van der Waals surface area contributed by atoms with Crippen LogP contribution >= 0.6 is 0 Å². The molecular weight excluding hydrogens is 630 g/mol. The van der Waals surface area contributed by atoms with E-state index in [9.17, 15) is 43.8 Å². The number of hydrogen-bond acceptors (Lipinski definition) is 11. The molecule has 3 aliphatic heterocycles. The van der Waals surface area contributed by atoms with Gasteiger partial charge in [-0.05, 0) is 38.5 Å². The standard InChI is InChI=1S/C31H49N7O10/c1-5-6-7-9-19(30(45)46)13-25(40)37-23(10-8-11-32-37)28(43)36-22-16-48-31(47)24-14-20(39)15-33-38(24)29(44)18(4)34-26(41)21(12-17(2)3)35-27(22)42/h11,17-24,33,39H,5-10,12-16H2,1-4H3,(H,34,41)(H,35,42)(H,36,43)(H,45,46)/t18-,19?,20+,21?,22?,23?,24+/m0/s1. The van der Waals surface area contributed by atoms with Crippen molar-refractivity contribution in [2.75, 3.05) is 13.2 Å². The Kier molecular flexibility index (Phi) is 14.3. The Bertz CT molecular complexity index is 1240. The van der Waals surface area contributed by atoms with E-state index < -0.39 is 90.3 Å². The molecule has 0 aromatic heterocycles. The van der Waals surface area contributed by atoms with E-state index in [-0.39, 0.29) is 44.6 Å². The van der Waals surface area contributed by atoms with Crippen LogP contribution < -0.4 is 21.4 Å². The van der Waals surface area contributed by atoms with Crippen LogP contribution in [0.5, 0.6) is 0 Å². The summed E-state index contributed by atoms with van der Waals surface area (Å²) in [4.78, 5) is 92.2. The monoisotopic (exact) mass is 679 g/mol. The fourth-order valence-electron chi connectivity index (χ4n) is 5.78. The second-order valence-corrected chi connectivity index (χ2v) is 13.0. The number of carboxylic acids is 1. The molecular formula is C31H49N7O10. The van der Waals surface area contributed by atoms with Gasteiger partial charge in [-0.1, -0.05) is 40.0 Å². The molecule has 2 fully saturated rings. The van der Waals surface area contributed by atoms with Crippen LogP contribution in [0.4, 0.5) is 0 Å². The Hall–Kier alpha value is -4.12. The lowest BCUT2D eigenvalue weighted by molar-refractivity contribution is -0.165. The van der Waals surface area contributed by atoms with Crippen LogP contribution in [-0.4, -0.2) is 117 Å². The molecule has 268 valence electrons. The molecule has 4 unspecified atom stereocenters. The molecule has 17 heteroatoms. The molecule has 7 atom stereocenters. The third-order valence-electron chi connectivity index (χ3n) is 8.46. The predicted octanol–water partition coefficient (Wildman–Crippen LogP) is -0.822. The van der Waals surface area contributed by atoms with Gasteiger partial charge in [0, 0.05) is 25.6 Å². The van der Waals surface area contributed by atoms with Gasteiger partial charge in [0.25, 0.3) is 5.91 Å². The molecule has 2 saturated heterocycles. The zero-order valence-electron chi connectivity index (χ0n) is 28.0. The minimum atomic E-state index is -1.53. The molecule has 0 aromatic rings. The quantitative estimate of drug-likeness (QED) is 0.117. The molecule has 3 aliphatic rings. The third-order valence-corrected chi connectivity index (χ3v) is 8.46. The second kappa shape index (κ2) is 17.9. The molecule has 0 saturated carbocycles. The van der Waals surface area contributed by atoms with Crippen molar-refractivity contribution in [2.45, 2.75) is 122 Å². The van der Waals surface area contributed by atoms with Crippen molar-refractivity contribution in [2.24, 2.45) is 16.9 Å². The molecule has 48 heavy (non-hydrogen) atoms. The molecule has 3 heterocycles. The van der Waals surface area contributed by atoms with Crippen LogP contribution in [0.15, 0.2) is 5.10 Å². The third kappa shape index (κ3) is 10.4. The number of fused-ring (bicyclic) bond motifs is 1. The van der Waals surface area contributed by atoms with Crippen LogP contribution in [0.2, 0.25) is 0 Å². The number of hydrazone groups is 1. The first kappa shape index (κ1) is 38.3. The average molecular weight is 680 g/mol. The van der Waals surface area contributed by atoms with Gasteiger partial charge in [0.15, 0.2) is 0 Å². The number of hydrazine groups is 1. The van der Waals surface area contributed by atoms with E-state index in [1.807, 2.05) is 20.8 Å². The van der Waals surface area contributed by atoms with Gasteiger partial charge >= 0.3 is 11.9 Å². The first-order chi connectivity index (χ1) is 22.7. The van der Waals surface area contributed by atoms with Crippen molar-refractivity contribution in [1.29, 1.82) is 0 Å². The maximum Gasteiger partial charge on any atom is 0.330 e. The number of aliphatic carboxylic acids is 1.